The predicted octanol–water partition coefficient (Wildman–Crippen LogP) is 7.87. The van der Waals surface area contributed by atoms with E-state index in [1.165, 1.54) is 59.9 Å². The Hall–Kier alpha value is -4.56. The fourth-order valence-corrected chi connectivity index (χ4v) is 9.15. The van der Waals surface area contributed by atoms with Crippen LogP contribution in [0.3, 0.4) is 0 Å². The van der Waals surface area contributed by atoms with Crippen LogP contribution in [0, 0.1) is 11.2 Å². The quantitative estimate of drug-likeness (QED) is 0.149. The lowest BCUT2D eigenvalue weighted by atomic mass is 9.88. The molecule has 3 heterocycles. The van der Waals surface area contributed by atoms with Crippen molar-refractivity contribution in [3.63, 3.8) is 0 Å². The first-order valence-corrected chi connectivity index (χ1v) is 17.4. The van der Waals surface area contributed by atoms with Crippen molar-refractivity contribution >= 4 is 38.5 Å². The van der Waals surface area contributed by atoms with E-state index in [1.54, 1.807) is 13.8 Å². The molecule has 0 fully saturated rings. The van der Waals surface area contributed by atoms with Gasteiger partial charge >= 0.3 is 6.36 Å². The number of fused-ring (bicyclic) bond motifs is 1. The molecule has 0 aliphatic carbocycles. The molecule has 0 spiro atoms. The third-order valence-electron chi connectivity index (χ3n) is 7.99. The number of para-hydroxylation sites is 2. The number of nitrogens with one attached hydrogen (secondary N) is 1. The number of halogens is 4. The molecule has 0 saturated heterocycles. The number of carbonyl (C=O) groups excluding carboxylic acids is 1. The van der Waals surface area contributed by atoms with E-state index in [2.05, 4.69) is 10.1 Å². The molecule has 0 radical (unpaired) electrons. The summed E-state index contributed by atoms with van der Waals surface area (Å²) in [5.74, 6) is -2.87. The van der Waals surface area contributed by atoms with Crippen LogP contribution in [0.25, 0.3) is 0 Å². The number of nitrogens with zero attached hydrogens (tertiary/aromatic N) is 1. The van der Waals surface area contributed by atoms with Gasteiger partial charge in [-0.05, 0) is 64.6 Å². The Morgan fingerprint density at radius 3 is 2.58 bits per heavy atom. The summed E-state index contributed by atoms with van der Waals surface area (Å²) < 4.78 is 94.3. The van der Waals surface area contributed by atoms with E-state index in [0.717, 1.165) is 22.6 Å². The number of anilines is 2. The number of hydrogen-bond donors (Lipinski definition) is 2. The van der Waals surface area contributed by atoms with E-state index in [-0.39, 0.29) is 63.4 Å². The van der Waals surface area contributed by atoms with Gasteiger partial charge < -0.3 is 19.9 Å². The smallest absolute Gasteiger partial charge is 0.506 e. The number of allylic oxidation sites excluding steroid dienone is 1. The van der Waals surface area contributed by atoms with Gasteiger partial charge in [-0.1, -0.05) is 38.1 Å². The molecule has 8 nitrogen and oxygen atoms in total. The van der Waals surface area contributed by atoms with Crippen molar-refractivity contribution in [3.8, 4) is 17.2 Å². The minimum absolute atomic E-state index is 0.00110. The molecule has 2 aliphatic heterocycles. The van der Waals surface area contributed by atoms with Crippen molar-refractivity contribution < 1.29 is 45.4 Å². The van der Waals surface area contributed by atoms with Gasteiger partial charge in [-0.25, -0.2) is 12.8 Å². The molecule has 2 aliphatic rings. The lowest BCUT2D eigenvalue weighted by Crippen LogP contribution is -2.42. The fourth-order valence-electron chi connectivity index (χ4n) is 6.14. The molecule has 6 rings (SSSR count). The monoisotopic (exact) mass is 702 g/mol. The average molecular weight is 703 g/mol. The van der Waals surface area contributed by atoms with E-state index < -0.39 is 51.6 Å². The van der Waals surface area contributed by atoms with Crippen molar-refractivity contribution in [1.29, 1.82) is 0 Å². The Morgan fingerprint density at radius 1 is 1.10 bits per heavy atom. The van der Waals surface area contributed by atoms with Crippen LogP contribution in [0.2, 0.25) is 0 Å². The minimum atomic E-state index is -5.05. The van der Waals surface area contributed by atoms with Crippen molar-refractivity contribution in [2.45, 2.75) is 45.7 Å². The maximum Gasteiger partial charge on any atom is 0.573 e. The first-order valence-electron chi connectivity index (χ1n) is 14.8. The molecule has 3 aromatic carbocycles. The summed E-state index contributed by atoms with van der Waals surface area (Å²) in [7, 11) is -4.21. The molecule has 48 heavy (non-hydrogen) atoms. The summed E-state index contributed by atoms with van der Waals surface area (Å²) in [4.78, 5) is 15.2. The lowest BCUT2D eigenvalue weighted by molar-refractivity contribution is -0.274. The SMILES string of the molecule is CC1(C)CC2=C([C@H](c3ccc(OCc4ccsc4)cc3F)N(C(=O)Cc3ccccc3OC(F)(F)F)c3cccc(O)c3N2)S(=O)(=O)C1. The zero-order chi connectivity index (χ0) is 34.4. The Morgan fingerprint density at radius 2 is 1.88 bits per heavy atom. The van der Waals surface area contributed by atoms with Crippen molar-refractivity contribution in [1.82, 2.24) is 0 Å². The molecule has 2 N–H and O–H groups in total. The van der Waals surface area contributed by atoms with Gasteiger partial charge in [-0.2, -0.15) is 11.3 Å². The van der Waals surface area contributed by atoms with E-state index in [0.29, 0.717) is 0 Å². The van der Waals surface area contributed by atoms with Crippen LogP contribution in [0.15, 0.2) is 88.1 Å². The fraction of sp³-hybridized carbons (Fsp3) is 0.265. The van der Waals surface area contributed by atoms with Crippen LogP contribution in [0.4, 0.5) is 28.9 Å². The molecular weight excluding hydrogens is 673 g/mol. The number of sulfone groups is 1. The minimum Gasteiger partial charge on any atom is -0.506 e. The van der Waals surface area contributed by atoms with Crippen molar-refractivity contribution in [2.75, 3.05) is 16.0 Å². The maximum absolute atomic E-state index is 16.3. The molecule has 4 aromatic rings. The van der Waals surface area contributed by atoms with E-state index >= 15 is 4.39 Å². The zero-order valence-electron chi connectivity index (χ0n) is 25.7. The number of phenolic OH excluding ortho intramolecular Hbond substituents is 1. The topological polar surface area (TPSA) is 105 Å². The Kier molecular flexibility index (Phi) is 8.66. The Bertz CT molecular complexity index is 2010. The summed E-state index contributed by atoms with van der Waals surface area (Å²) in [6.07, 6.45) is -5.57. The summed E-state index contributed by atoms with van der Waals surface area (Å²) in [6.45, 7) is 3.66. The van der Waals surface area contributed by atoms with Gasteiger partial charge in [0.2, 0.25) is 5.91 Å². The normalized spacial score (nSPS) is 18.3. The first kappa shape index (κ1) is 33.3. The third-order valence-corrected chi connectivity index (χ3v) is 11.0. The molecular formula is C34H30F4N2O6S2. The van der Waals surface area contributed by atoms with Crippen molar-refractivity contribution in [2.24, 2.45) is 5.41 Å². The number of rotatable bonds is 7. The second-order valence-electron chi connectivity index (χ2n) is 12.3. The number of ether oxygens (including phenoxy) is 2. The van der Waals surface area contributed by atoms with E-state index in [4.69, 9.17) is 4.74 Å². The second kappa shape index (κ2) is 12.5. The molecule has 0 saturated carbocycles. The molecule has 0 unspecified atom stereocenters. The largest absolute Gasteiger partial charge is 0.573 e. The number of aromatic hydroxyl groups is 1. The highest BCUT2D eigenvalue weighted by Gasteiger charge is 2.48. The lowest BCUT2D eigenvalue weighted by Gasteiger charge is -2.37. The van der Waals surface area contributed by atoms with Gasteiger partial charge in [0.1, 0.15) is 41.4 Å². The van der Waals surface area contributed by atoms with Crippen LogP contribution in [-0.2, 0) is 27.7 Å². The molecule has 252 valence electrons. The maximum atomic E-state index is 16.3. The highest BCUT2D eigenvalue weighted by molar-refractivity contribution is 7.95. The van der Waals surface area contributed by atoms with Crippen LogP contribution < -0.4 is 19.7 Å². The van der Waals surface area contributed by atoms with E-state index in [9.17, 15) is 31.5 Å². The number of carbonyl (C=O) groups is 1. The molecule has 1 amide bonds. The van der Waals surface area contributed by atoms with E-state index in [1.807, 2.05) is 16.8 Å². The molecule has 14 heteroatoms. The second-order valence-corrected chi connectivity index (χ2v) is 15.1. The average Bonchev–Trinajstić information content (AvgIpc) is 3.45. The molecule has 1 atom stereocenters. The van der Waals surface area contributed by atoms with Gasteiger partial charge in [0.05, 0.1) is 22.8 Å². The predicted molar refractivity (Wildman–Crippen MR) is 173 cm³/mol. The van der Waals surface area contributed by atoms with Crippen LogP contribution in [-0.4, -0.2) is 31.5 Å². The van der Waals surface area contributed by atoms with Crippen LogP contribution in [0.1, 0.15) is 43.0 Å². The third kappa shape index (κ3) is 6.85. The summed E-state index contributed by atoms with van der Waals surface area (Å²) in [6, 6.07) is 13.4. The zero-order valence-corrected chi connectivity index (χ0v) is 27.3. The molecule has 0 bridgehead atoms. The van der Waals surface area contributed by atoms with Crippen LogP contribution >= 0.6 is 11.3 Å². The summed E-state index contributed by atoms with van der Waals surface area (Å²) >= 11 is 1.47. The van der Waals surface area contributed by atoms with Gasteiger partial charge in [0, 0.05) is 22.9 Å². The summed E-state index contributed by atoms with van der Waals surface area (Å²) in [5, 5.41) is 17.8. The summed E-state index contributed by atoms with van der Waals surface area (Å²) in [5.41, 5.74) is -0.0920. The van der Waals surface area contributed by atoms with Crippen molar-refractivity contribution in [3.05, 3.63) is 111 Å². The standard InChI is InChI=1S/C34H30F4N2O6S2/c1-33(2)16-25-32(48(43,44)19-33)31(23-11-10-22(15-24(23)35)45-17-20-12-13-47-18-20)40(26-7-5-8-27(41)30(26)39-25)29(42)14-21-6-3-4-9-28(21)46-34(36,37)38/h3-13,15,18,31,39,41H,14,16-17,19H2,1-2H3/t31-/m0/s1. The Balaban J connectivity index is 1.53. The van der Waals surface area contributed by atoms with Gasteiger partial charge in [0.15, 0.2) is 9.84 Å². The number of hydrogen-bond acceptors (Lipinski definition) is 8. The van der Waals surface area contributed by atoms with Gasteiger partial charge in [-0.3, -0.25) is 9.69 Å². The number of benzene rings is 3. The van der Waals surface area contributed by atoms with Gasteiger partial charge in [0.25, 0.3) is 0 Å². The number of phenols is 1. The van der Waals surface area contributed by atoms with Crippen LogP contribution in [0.5, 0.6) is 17.2 Å². The number of thiophene rings is 1. The number of amides is 1. The van der Waals surface area contributed by atoms with Gasteiger partial charge in [-0.15, -0.1) is 13.2 Å². The first-order chi connectivity index (χ1) is 22.6. The highest BCUT2D eigenvalue weighted by Crippen LogP contribution is 2.52. The molecule has 1 aromatic heterocycles. The highest BCUT2D eigenvalue weighted by atomic mass is 32.2. The Labute approximate surface area is 278 Å². The number of alkyl halides is 3.